The number of anilines is 1. The van der Waals surface area contributed by atoms with Crippen molar-refractivity contribution in [1.82, 2.24) is 9.97 Å². The fraction of sp³-hybridized carbons (Fsp3) is 0.500. The van der Waals surface area contributed by atoms with Gasteiger partial charge in [-0.25, -0.2) is 9.97 Å². The minimum atomic E-state index is 0.552. The Bertz CT molecular complexity index is 383. The van der Waals surface area contributed by atoms with Gasteiger partial charge in [-0.05, 0) is 35.4 Å². The van der Waals surface area contributed by atoms with Crippen LogP contribution in [0.25, 0.3) is 0 Å². The second-order valence-electron chi connectivity index (χ2n) is 3.53. The summed E-state index contributed by atoms with van der Waals surface area (Å²) in [6, 6.07) is 2.77. The van der Waals surface area contributed by atoms with Gasteiger partial charge in [-0.15, -0.1) is 0 Å². The highest BCUT2D eigenvalue weighted by Crippen LogP contribution is 2.32. The zero-order chi connectivity index (χ0) is 10.7. The second kappa shape index (κ2) is 4.75. The molecular weight excluding hydrogens is 303 g/mol. The smallest absolute Gasteiger partial charge is 0.145 e. The Hall–Kier alpha value is -0.900. The van der Waals surface area contributed by atoms with Crippen molar-refractivity contribution >= 4 is 28.4 Å². The van der Waals surface area contributed by atoms with Gasteiger partial charge in [0.15, 0.2) is 0 Å². The molecule has 1 aliphatic rings. The number of aromatic nitrogens is 2. The van der Waals surface area contributed by atoms with Crippen molar-refractivity contribution in [2.75, 3.05) is 11.4 Å². The molecule has 0 atom stereocenters. The van der Waals surface area contributed by atoms with Crippen LogP contribution >= 0.6 is 22.6 Å². The van der Waals surface area contributed by atoms with Crippen LogP contribution < -0.4 is 4.90 Å². The Morgan fingerprint density at radius 1 is 1.60 bits per heavy atom. The lowest BCUT2D eigenvalue weighted by atomic mass is 10.3. The SMILES string of the molecule is N#CCCN(c1ncncc1I)C1CC1. The lowest BCUT2D eigenvalue weighted by Gasteiger charge is -2.22. The molecule has 0 aliphatic heterocycles. The molecule has 0 N–H and O–H groups in total. The predicted molar refractivity (Wildman–Crippen MR) is 65.3 cm³/mol. The van der Waals surface area contributed by atoms with Crippen LogP contribution in [0.3, 0.4) is 0 Å². The van der Waals surface area contributed by atoms with E-state index < -0.39 is 0 Å². The Morgan fingerprint density at radius 3 is 3.00 bits per heavy atom. The molecule has 0 amide bonds. The van der Waals surface area contributed by atoms with E-state index in [1.807, 2.05) is 6.20 Å². The van der Waals surface area contributed by atoms with E-state index in [4.69, 9.17) is 5.26 Å². The van der Waals surface area contributed by atoms with Gasteiger partial charge < -0.3 is 4.90 Å². The first-order chi connectivity index (χ1) is 7.33. The summed E-state index contributed by atoms with van der Waals surface area (Å²) in [5.74, 6) is 0.975. The van der Waals surface area contributed by atoms with E-state index in [9.17, 15) is 0 Å². The molecule has 78 valence electrons. The van der Waals surface area contributed by atoms with E-state index >= 15 is 0 Å². The van der Waals surface area contributed by atoms with Crippen molar-refractivity contribution in [2.24, 2.45) is 0 Å². The maximum absolute atomic E-state index is 8.62. The Kier molecular flexibility index (Phi) is 3.36. The van der Waals surface area contributed by atoms with Gasteiger partial charge in [-0.2, -0.15) is 5.26 Å². The number of nitriles is 1. The van der Waals surface area contributed by atoms with Gasteiger partial charge >= 0.3 is 0 Å². The normalized spacial score (nSPS) is 14.7. The second-order valence-corrected chi connectivity index (χ2v) is 4.69. The summed E-state index contributed by atoms with van der Waals surface area (Å²) in [7, 11) is 0. The monoisotopic (exact) mass is 314 g/mol. The van der Waals surface area contributed by atoms with Crippen LogP contribution in [0.1, 0.15) is 19.3 Å². The zero-order valence-corrected chi connectivity index (χ0v) is 10.4. The molecule has 1 aliphatic carbocycles. The molecule has 5 heteroatoms. The van der Waals surface area contributed by atoms with E-state index in [-0.39, 0.29) is 0 Å². The van der Waals surface area contributed by atoms with Crippen LogP contribution in [0, 0.1) is 14.9 Å². The largest absolute Gasteiger partial charge is 0.352 e. The van der Waals surface area contributed by atoms with E-state index in [1.54, 1.807) is 6.33 Å². The Balaban J connectivity index is 2.17. The molecule has 4 nitrogen and oxygen atoms in total. The van der Waals surface area contributed by atoms with E-state index in [0.29, 0.717) is 12.5 Å². The molecule has 15 heavy (non-hydrogen) atoms. The molecule has 1 aromatic rings. The van der Waals surface area contributed by atoms with Crippen molar-refractivity contribution in [3.8, 4) is 6.07 Å². The number of halogens is 1. The standard InChI is InChI=1S/C10H11IN4/c11-9-6-13-7-14-10(9)15(5-1-4-12)8-2-3-8/h6-8H,1-3,5H2. The third-order valence-corrected chi connectivity index (χ3v) is 3.13. The van der Waals surface area contributed by atoms with Crippen LogP contribution in [0.5, 0.6) is 0 Å². The fourth-order valence-electron chi connectivity index (χ4n) is 1.54. The van der Waals surface area contributed by atoms with E-state index in [2.05, 4.69) is 43.5 Å². The molecule has 2 rings (SSSR count). The van der Waals surface area contributed by atoms with Gasteiger partial charge in [0.1, 0.15) is 12.1 Å². The quantitative estimate of drug-likeness (QED) is 0.797. The molecule has 0 aromatic carbocycles. The summed E-state index contributed by atoms with van der Waals surface area (Å²) >= 11 is 2.24. The molecule has 1 aromatic heterocycles. The highest BCUT2D eigenvalue weighted by molar-refractivity contribution is 14.1. The van der Waals surface area contributed by atoms with Crippen molar-refractivity contribution in [3.63, 3.8) is 0 Å². The van der Waals surface area contributed by atoms with E-state index in [1.165, 1.54) is 12.8 Å². The number of hydrogen-bond acceptors (Lipinski definition) is 4. The lowest BCUT2D eigenvalue weighted by Crippen LogP contribution is -2.28. The fourth-order valence-corrected chi connectivity index (χ4v) is 2.15. The molecule has 0 saturated heterocycles. The number of rotatable bonds is 4. The summed E-state index contributed by atoms with van der Waals surface area (Å²) in [6.45, 7) is 0.772. The number of hydrogen-bond donors (Lipinski definition) is 0. The van der Waals surface area contributed by atoms with Crippen molar-refractivity contribution < 1.29 is 0 Å². The summed E-state index contributed by atoms with van der Waals surface area (Å²) in [5, 5.41) is 8.62. The van der Waals surface area contributed by atoms with Gasteiger partial charge in [-0.1, -0.05) is 0 Å². The van der Waals surface area contributed by atoms with Gasteiger partial charge in [0.05, 0.1) is 16.1 Å². The van der Waals surface area contributed by atoms with Crippen LogP contribution in [-0.4, -0.2) is 22.6 Å². The molecule has 1 heterocycles. The van der Waals surface area contributed by atoms with Crippen LogP contribution in [0.4, 0.5) is 5.82 Å². The maximum atomic E-state index is 8.62. The predicted octanol–water partition coefficient (Wildman–Crippen LogP) is 1.96. The molecule has 0 bridgehead atoms. The molecule has 1 fully saturated rings. The molecule has 0 radical (unpaired) electrons. The maximum Gasteiger partial charge on any atom is 0.145 e. The summed E-state index contributed by atoms with van der Waals surface area (Å²) in [6.07, 6.45) is 6.36. The first kappa shape index (κ1) is 10.6. The first-order valence-corrected chi connectivity index (χ1v) is 6.00. The first-order valence-electron chi connectivity index (χ1n) is 4.92. The van der Waals surface area contributed by atoms with Crippen molar-refractivity contribution in [1.29, 1.82) is 5.26 Å². The topological polar surface area (TPSA) is 52.8 Å². The summed E-state index contributed by atoms with van der Waals surface area (Å²) < 4.78 is 1.06. The Morgan fingerprint density at radius 2 is 2.40 bits per heavy atom. The molecule has 1 saturated carbocycles. The highest BCUT2D eigenvalue weighted by atomic mass is 127. The lowest BCUT2D eigenvalue weighted by molar-refractivity contribution is 0.772. The average Bonchev–Trinajstić information content (AvgIpc) is 3.05. The van der Waals surface area contributed by atoms with Gasteiger partial charge in [0.2, 0.25) is 0 Å². The van der Waals surface area contributed by atoms with E-state index in [0.717, 1.165) is 15.9 Å². The minimum absolute atomic E-state index is 0.552. The summed E-state index contributed by atoms with van der Waals surface area (Å²) in [4.78, 5) is 10.5. The molecular formula is C10H11IN4. The average molecular weight is 314 g/mol. The van der Waals surface area contributed by atoms with Gasteiger partial charge in [-0.3, -0.25) is 0 Å². The van der Waals surface area contributed by atoms with Crippen LogP contribution in [0.15, 0.2) is 12.5 Å². The van der Waals surface area contributed by atoms with Crippen molar-refractivity contribution in [2.45, 2.75) is 25.3 Å². The summed E-state index contributed by atoms with van der Waals surface area (Å²) in [5.41, 5.74) is 0. The van der Waals surface area contributed by atoms with Gasteiger partial charge in [0, 0.05) is 18.8 Å². The van der Waals surface area contributed by atoms with Crippen molar-refractivity contribution in [3.05, 3.63) is 16.1 Å². The molecule has 0 spiro atoms. The highest BCUT2D eigenvalue weighted by Gasteiger charge is 2.30. The molecule has 0 unspecified atom stereocenters. The Labute approximate surface area is 102 Å². The minimum Gasteiger partial charge on any atom is -0.352 e. The third kappa shape index (κ3) is 2.56. The van der Waals surface area contributed by atoms with Crippen LogP contribution in [-0.2, 0) is 0 Å². The van der Waals surface area contributed by atoms with Gasteiger partial charge in [0.25, 0.3) is 0 Å². The zero-order valence-electron chi connectivity index (χ0n) is 8.23. The van der Waals surface area contributed by atoms with Crippen LogP contribution in [0.2, 0.25) is 0 Å². The number of nitrogens with zero attached hydrogens (tertiary/aromatic N) is 4. The third-order valence-electron chi connectivity index (χ3n) is 2.37.